The van der Waals surface area contributed by atoms with Gasteiger partial charge in [0, 0.05) is 32.5 Å². The van der Waals surface area contributed by atoms with Gasteiger partial charge in [-0.05, 0) is 18.4 Å². The van der Waals surface area contributed by atoms with Crippen LogP contribution in [0.2, 0.25) is 0 Å². The first kappa shape index (κ1) is 9.34. The molecule has 2 nitrogen and oxygen atoms in total. The molecule has 76 valence electrons. The van der Waals surface area contributed by atoms with Crippen molar-refractivity contribution in [1.29, 1.82) is 0 Å². The van der Waals surface area contributed by atoms with E-state index >= 15 is 0 Å². The van der Waals surface area contributed by atoms with E-state index in [0.29, 0.717) is 6.54 Å². The van der Waals surface area contributed by atoms with Crippen molar-refractivity contribution in [1.82, 2.24) is 4.90 Å². The van der Waals surface area contributed by atoms with Crippen molar-refractivity contribution >= 4 is 0 Å². The van der Waals surface area contributed by atoms with Crippen molar-refractivity contribution < 1.29 is 8.78 Å². The van der Waals surface area contributed by atoms with Crippen LogP contribution in [-0.2, 0) is 0 Å². The standard InChI is InChI=1S/C9H16F2N2/c10-9(11)5-8(6-9)1-3-13(7-8)4-2-12/h1-7,12H2. The number of alkyl halides is 2. The van der Waals surface area contributed by atoms with Crippen LogP contribution in [0, 0.1) is 5.41 Å². The van der Waals surface area contributed by atoms with E-state index in [-0.39, 0.29) is 18.3 Å². The van der Waals surface area contributed by atoms with Crippen molar-refractivity contribution in [3.05, 3.63) is 0 Å². The second-order valence-electron chi connectivity index (χ2n) is 4.52. The molecule has 2 fully saturated rings. The van der Waals surface area contributed by atoms with Crippen molar-refractivity contribution in [2.75, 3.05) is 26.2 Å². The second kappa shape index (κ2) is 2.89. The molecule has 1 aliphatic heterocycles. The average Bonchev–Trinajstić information content (AvgIpc) is 2.31. The summed E-state index contributed by atoms with van der Waals surface area (Å²) in [5.74, 6) is -2.38. The molecule has 2 rings (SSSR count). The molecule has 4 heteroatoms. The van der Waals surface area contributed by atoms with Crippen molar-refractivity contribution in [3.63, 3.8) is 0 Å². The first-order valence-corrected chi connectivity index (χ1v) is 4.86. The first-order valence-electron chi connectivity index (χ1n) is 4.86. The Bertz CT molecular complexity index is 198. The second-order valence-corrected chi connectivity index (χ2v) is 4.52. The highest BCUT2D eigenvalue weighted by Crippen LogP contribution is 2.56. The molecule has 0 aromatic carbocycles. The van der Waals surface area contributed by atoms with E-state index in [1.165, 1.54) is 0 Å². The van der Waals surface area contributed by atoms with Crippen LogP contribution in [0.15, 0.2) is 0 Å². The predicted molar refractivity (Wildman–Crippen MR) is 46.7 cm³/mol. The Kier molecular flexibility index (Phi) is 2.07. The molecular weight excluding hydrogens is 174 g/mol. The topological polar surface area (TPSA) is 29.3 Å². The van der Waals surface area contributed by atoms with Crippen LogP contribution in [0.25, 0.3) is 0 Å². The van der Waals surface area contributed by atoms with Crippen LogP contribution in [0.3, 0.4) is 0 Å². The summed E-state index contributed by atoms with van der Waals surface area (Å²) in [4.78, 5) is 2.20. The highest BCUT2D eigenvalue weighted by molar-refractivity contribution is 5.03. The van der Waals surface area contributed by atoms with Gasteiger partial charge in [0.25, 0.3) is 0 Å². The van der Waals surface area contributed by atoms with Crippen molar-refractivity contribution in [3.8, 4) is 0 Å². The van der Waals surface area contributed by atoms with Gasteiger partial charge in [-0.2, -0.15) is 0 Å². The predicted octanol–water partition coefficient (Wildman–Crippen LogP) is 1.07. The Morgan fingerprint density at radius 2 is 2.00 bits per heavy atom. The number of nitrogens with two attached hydrogens (primary N) is 1. The lowest BCUT2D eigenvalue weighted by Gasteiger charge is -2.44. The maximum Gasteiger partial charge on any atom is 0.249 e. The molecule has 1 spiro atoms. The van der Waals surface area contributed by atoms with Gasteiger partial charge >= 0.3 is 0 Å². The molecule has 0 amide bonds. The number of likely N-dealkylation sites (tertiary alicyclic amines) is 1. The summed E-state index contributed by atoms with van der Waals surface area (Å²) in [6.45, 7) is 3.27. The smallest absolute Gasteiger partial charge is 0.249 e. The molecule has 1 aliphatic carbocycles. The summed E-state index contributed by atoms with van der Waals surface area (Å²) >= 11 is 0. The van der Waals surface area contributed by atoms with E-state index in [1.807, 2.05) is 0 Å². The van der Waals surface area contributed by atoms with Crippen LogP contribution in [0.4, 0.5) is 8.78 Å². The molecule has 2 aliphatic rings. The van der Waals surface area contributed by atoms with Crippen LogP contribution >= 0.6 is 0 Å². The summed E-state index contributed by atoms with van der Waals surface area (Å²) in [5, 5.41) is 0. The monoisotopic (exact) mass is 190 g/mol. The number of rotatable bonds is 2. The summed E-state index contributed by atoms with van der Waals surface area (Å²) in [5.41, 5.74) is 5.36. The lowest BCUT2D eigenvalue weighted by Crippen LogP contribution is -2.47. The number of halogens is 2. The molecular formula is C9H16F2N2. The van der Waals surface area contributed by atoms with Gasteiger partial charge in [-0.3, -0.25) is 0 Å². The fourth-order valence-electron chi connectivity index (χ4n) is 2.74. The number of hydrogen-bond donors (Lipinski definition) is 1. The van der Waals surface area contributed by atoms with E-state index in [9.17, 15) is 8.78 Å². The Morgan fingerprint density at radius 1 is 1.31 bits per heavy atom. The maximum atomic E-state index is 12.7. The van der Waals surface area contributed by atoms with Gasteiger partial charge in [-0.1, -0.05) is 0 Å². The van der Waals surface area contributed by atoms with Crippen LogP contribution < -0.4 is 5.73 Å². The number of hydrogen-bond acceptors (Lipinski definition) is 2. The van der Waals surface area contributed by atoms with Crippen molar-refractivity contribution in [2.24, 2.45) is 11.1 Å². The van der Waals surface area contributed by atoms with Crippen LogP contribution in [-0.4, -0.2) is 37.0 Å². The lowest BCUT2D eigenvalue weighted by atomic mass is 9.65. The summed E-state index contributed by atoms with van der Waals surface area (Å²) in [6.07, 6.45) is 1.13. The third-order valence-electron chi connectivity index (χ3n) is 3.23. The van der Waals surface area contributed by atoms with Crippen LogP contribution in [0.1, 0.15) is 19.3 Å². The Hall–Kier alpha value is -0.220. The van der Waals surface area contributed by atoms with E-state index in [4.69, 9.17) is 5.73 Å². The van der Waals surface area contributed by atoms with Gasteiger partial charge in [-0.15, -0.1) is 0 Å². The van der Waals surface area contributed by atoms with Crippen LogP contribution in [0.5, 0.6) is 0 Å². The lowest BCUT2D eigenvalue weighted by molar-refractivity contribution is -0.155. The highest BCUT2D eigenvalue weighted by atomic mass is 19.3. The van der Waals surface area contributed by atoms with Gasteiger partial charge in [-0.25, -0.2) is 8.78 Å². The molecule has 0 aromatic rings. The summed E-state index contributed by atoms with van der Waals surface area (Å²) in [7, 11) is 0. The Morgan fingerprint density at radius 3 is 2.54 bits per heavy atom. The minimum absolute atomic E-state index is 0.0569. The zero-order valence-electron chi connectivity index (χ0n) is 7.73. The molecule has 0 aromatic heterocycles. The molecule has 1 saturated carbocycles. The van der Waals surface area contributed by atoms with E-state index in [1.54, 1.807) is 0 Å². The third kappa shape index (κ3) is 1.70. The number of nitrogens with zero attached hydrogens (tertiary/aromatic N) is 1. The van der Waals surface area contributed by atoms with Gasteiger partial charge in [0.05, 0.1) is 0 Å². The average molecular weight is 190 g/mol. The minimum atomic E-state index is -2.38. The third-order valence-corrected chi connectivity index (χ3v) is 3.23. The largest absolute Gasteiger partial charge is 0.329 e. The van der Waals surface area contributed by atoms with Gasteiger partial charge in [0.2, 0.25) is 5.92 Å². The maximum absolute atomic E-state index is 12.7. The van der Waals surface area contributed by atoms with E-state index < -0.39 is 5.92 Å². The molecule has 1 heterocycles. The van der Waals surface area contributed by atoms with E-state index in [0.717, 1.165) is 26.1 Å². The fraction of sp³-hybridized carbons (Fsp3) is 1.00. The zero-order valence-corrected chi connectivity index (χ0v) is 7.73. The molecule has 0 radical (unpaired) electrons. The molecule has 1 saturated heterocycles. The molecule has 2 N–H and O–H groups in total. The molecule has 13 heavy (non-hydrogen) atoms. The Labute approximate surface area is 77.1 Å². The van der Waals surface area contributed by atoms with Gasteiger partial charge in [0.15, 0.2) is 0 Å². The summed E-state index contributed by atoms with van der Waals surface area (Å²) in [6, 6.07) is 0. The normalized spacial score (nSPS) is 30.7. The zero-order chi connectivity index (χ0) is 9.53. The van der Waals surface area contributed by atoms with Crippen molar-refractivity contribution in [2.45, 2.75) is 25.2 Å². The van der Waals surface area contributed by atoms with Gasteiger partial charge < -0.3 is 10.6 Å². The molecule has 0 atom stereocenters. The van der Waals surface area contributed by atoms with Gasteiger partial charge in [0.1, 0.15) is 0 Å². The minimum Gasteiger partial charge on any atom is -0.329 e. The Balaban J connectivity index is 1.86. The molecule has 0 bridgehead atoms. The molecule has 0 unspecified atom stereocenters. The first-order chi connectivity index (χ1) is 6.05. The van der Waals surface area contributed by atoms with E-state index in [2.05, 4.69) is 4.90 Å². The fourth-order valence-corrected chi connectivity index (χ4v) is 2.74. The SMILES string of the molecule is NCCN1CCC2(C1)CC(F)(F)C2. The highest BCUT2D eigenvalue weighted by Gasteiger charge is 2.58. The quantitative estimate of drug-likeness (QED) is 0.705. The summed E-state index contributed by atoms with van der Waals surface area (Å²) < 4.78 is 25.4.